The molecule has 18 heavy (non-hydrogen) atoms. The van der Waals surface area contributed by atoms with Crippen LogP contribution in [0.5, 0.6) is 0 Å². The van der Waals surface area contributed by atoms with Gasteiger partial charge in [0.1, 0.15) is 0 Å². The molecule has 0 spiro atoms. The van der Waals surface area contributed by atoms with Crippen molar-refractivity contribution in [1.29, 1.82) is 0 Å². The zero-order chi connectivity index (χ0) is 13.0. The maximum absolute atomic E-state index is 3.47. The first kappa shape index (κ1) is 14.3. The van der Waals surface area contributed by atoms with Gasteiger partial charge in [-0.05, 0) is 84.5 Å². The van der Waals surface area contributed by atoms with Crippen LogP contribution in [0, 0.1) is 11.8 Å². The SMILES string of the molecule is CC(C)(C)N1CCC(CCC2CCNCC2)CC1. The molecule has 0 amide bonds. The molecule has 106 valence electrons. The highest BCUT2D eigenvalue weighted by Gasteiger charge is 2.27. The summed E-state index contributed by atoms with van der Waals surface area (Å²) in [6.07, 6.45) is 8.68. The maximum Gasteiger partial charge on any atom is 0.0125 e. The lowest BCUT2D eigenvalue weighted by Crippen LogP contribution is -2.46. The predicted octanol–water partition coefficient (Wildman–Crippen LogP) is 3.28. The molecule has 0 aliphatic carbocycles. The molecule has 2 aliphatic heterocycles. The average molecular weight is 252 g/mol. The standard InChI is InChI=1S/C16H32N2/c1-16(2,3)18-12-8-15(9-13-18)5-4-14-6-10-17-11-7-14/h14-15,17H,4-13H2,1-3H3. The van der Waals surface area contributed by atoms with Gasteiger partial charge in [0.05, 0.1) is 0 Å². The molecule has 1 N–H and O–H groups in total. The monoisotopic (exact) mass is 252 g/mol. The molecule has 0 aromatic rings. The Labute approximate surface area is 114 Å². The van der Waals surface area contributed by atoms with Crippen LogP contribution in [0.2, 0.25) is 0 Å². The molecule has 0 unspecified atom stereocenters. The first-order chi connectivity index (χ1) is 8.55. The number of piperidine rings is 2. The van der Waals surface area contributed by atoms with Crippen molar-refractivity contribution in [1.82, 2.24) is 10.2 Å². The van der Waals surface area contributed by atoms with E-state index in [0.29, 0.717) is 5.54 Å². The summed E-state index contributed by atoms with van der Waals surface area (Å²) in [4.78, 5) is 2.66. The number of hydrogen-bond donors (Lipinski definition) is 1. The van der Waals surface area contributed by atoms with Gasteiger partial charge in [0, 0.05) is 5.54 Å². The fraction of sp³-hybridized carbons (Fsp3) is 1.00. The Morgan fingerprint density at radius 3 is 1.89 bits per heavy atom. The quantitative estimate of drug-likeness (QED) is 0.829. The van der Waals surface area contributed by atoms with Crippen molar-refractivity contribution in [2.45, 2.75) is 64.8 Å². The molecule has 2 heterocycles. The van der Waals surface area contributed by atoms with Crippen molar-refractivity contribution in [2.24, 2.45) is 11.8 Å². The molecule has 0 aromatic heterocycles. The van der Waals surface area contributed by atoms with Crippen molar-refractivity contribution in [3.8, 4) is 0 Å². The van der Waals surface area contributed by atoms with E-state index in [2.05, 4.69) is 31.0 Å². The fourth-order valence-corrected chi connectivity index (χ4v) is 3.53. The fourth-order valence-electron chi connectivity index (χ4n) is 3.53. The van der Waals surface area contributed by atoms with Gasteiger partial charge in [-0.1, -0.05) is 12.8 Å². The second-order valence-electron chi connectivity index (χ2n) is 7.37. The first-order valence-electron chi connectivity index (χ1n) is 8.01. The molecule has 2 nitrogen and oxygen atoms in total. The Balaban J connectivity index is 1.64. The van der Waals surface area contributed by atoms with Crippen molar-refractivity contribution in [3.63, 3.8) is 0 Å². The van der Waals surface area contributed by atoms with Crippen LogP contribution in [0.4, 0.5) is 0 Å². The molecule has 2 aliphatic rings. The van der Waals surface area contributed by atoms with E-state index in [4.69, 9.17) is 0 Å². The average Bonchev–Trinajstić information content (AvgIpc) is 2.37. The van der Waals surface area contributed by atoms with Crippen molar-refractivity contribution in [2.75, 3.05) is 26.2 Å². The van der Waals surface area contributed by atoms with E-state index < -0.39 is 0 Å². The van der Waals surface area contributed by atoms with Gasteiger partial charge in [0.15, 0.2) is 0 Å². The highest BCUT2D eigenvalue weighted by Crippen LogP contribution is 2.29. The molecule has 2 saturated heterocycles. The largest absolute Gasteiger partial charge is 0.317 e. The smallest absolute Gasteiger partial charge is 0.0125 e. The van der Waals surface area contributed by atoms with E-state index >= 15 is 0 Å². The van der Waals surface area contributed by atoms with Crippen LogP contribution in [0.3, 0.4) is 0 Å². The van der Waals surface area contributed by atoms with Crippen LogP contribution < -0.4 is 5.32 Å². The lowest BCUT2D eigenvalue weighted by atomic mass is 9.85. The van der Waals surface area contributed by atoms with Gasteiger partial charge in [-0.2, -0.15) is 0 Å². The zero-order valence-corrected chi connectivity index (χ0v) is 12.7. The lowest BCUT2D eigenvalue weighted by Gasteiger charge is -2.41. The van der Waals surface area contributed by atoms with Gasteiger partial charge in [-0.25, -0.2) is 0 Å². The second kappa shape index (κ2) is 6.38. The number of likely N-dealkylation sites (tertiary alicyclic amines) is 1. The highest BCUT2D eigenvalue weighted by molar-refractivity contribution is 4.82. The van der Waals surface area contributed by atoms with Gasteiger partial charge >= 0.3 is 0 Å². The first-order valence-corrected chi connectivity index (χ1v) is 8.01. The Hall–Kier alpha value is -0.0800. The molecule has 0 bridgehead atoms. The highest BCUT2D eigenvalue weighted by atomic mass is 15.2. The van der Waals surface area contributed by atoms with Gasteiger partial charge in [0.2, 0.25) is 0 Å². The maximum atomic E-state index is 3.47. The van der Waals surface area contributed by atoms with Crippen LogP contribution in [0.1, 0.15) is 59.3 Å². The summed E-state index contributed by atoms with van der Waals surface area (Å²) in [5, 5.41) is 3.47. The van der Waals surface area contributed by atoms with Crippen molar-refractivity contribution >= 4 is 0 Å². The van der Waals surface area contributed by atoms with E-state index in [0.717, 1.165) is 11.8 Å². The summed E-state index contributed by atoms with van der Waals surface area (Å²) in [6, 6.07) is 0. The lowest BCUT2D eigenvalue weighted by molar-refractivity contribution is 0.0830. The minimum absolute atomic E-state index is 0.375. The minimum atomic E-state index is 0.375. The van der Waals surface area contributed by atoms with Crippen LogP contribution >= 0.6 is 0 Å². The van der Waals surface area contributed by atoms with E-state index in [-0.39, 0.29) is 0 Å². The summed E-state index contributed by atoms with van der Waals surface area (Å²) in [5.74, 6) is 2.03. The molecule has 2 heteroatoms. The number of rotatable bonds is 3. The molecule has 2 fully saturated rings. The van der Waals surface area contributed by atoms with Gasteiger partial charge < -0.3 is 5.32 Å². The summed E-state index contributed by atoms with van der Waals surface area (Å²) < 4.78 is 0. The Kier molecular flexibility index (Phi) is 5.08. The summed E-state index contributed by atoms with van der Waals surface area (Å²) in [5.41, 5.74) is 0.375. The third-order valence-electron chi connectivity index (χ3n) is 5.01. The molecular formula is C16H32N2. The number of nitrogens with one attached hydrogen (secondary N) is 1. The summed E-state index contributed by atoms with van der Waals surface area (Å²) in [7, 11) is 0. The topological polar surface area (TPSA) is 15.3 Å². The van der Waals surface area contributed by atoms with Crippen molar-refractivity contribution < 1.29 is 0 Å². The van der Waals surface area contributed by atoms with Crippen LogP contribution in [0.15, 0.2) is 0 Å². The molecule has 0 radical (unpaired) electrons. The van der Waals surface area contributed by atoms with Gasteiger partial charge in [0.25, 0.3) is 0 Å². The van der Waals surface area contributed by atoms with Gasteiger partial charge in [-0.3, -0.25) is 4.90 Å². The van der Waals surface area contributed by atoms with E-state index in [1.165, 1.54) is 64.7 Å². The number of nitrogens with zero attached hydrogens (tertiary/aromatic N) is 1. The molecule has 2 rings (SSSR count). The van der Waals surface area contributed by atoms with E-state index in [9.17, 15) is 0 Å². The summed E-state index contributed by atoms with van der Waals surface area (Å²) >= 11 is 0. The van der Waals surface area contributed by atoms with Crippen molar-refractivity contribution in [3.05, 3.63) is 0 Å². The molecule has 0 atom stereocenters. The molecule has 0 aromatic carbocycles. The molecular weight excluding hydrogens is 220 g/mol. The second-order valence-corrected chi connectivity index (χ2v) is 7.37. The van der Waals surface area contributed by atoms with Crippen LogP contribution in [-0.4, -0.2) is 36.6 Å². The third-order valence-corrected chi connectivity index (χ3v) is 5.01. The zero-order valence-electron chi connectivity index (χ0n) is 12.7. The van der Waals surface area contributed by atoms with E-state index in [1.807, 2.05) is 0 Å². The Morgan fingerprint density at radius 1 is 0.889 bits per heavy atom. The predicted molar refractivity (Wildman–Crippen MR) is 78.9 cm³/mol. The molecule has 0 saturated carbocycles. The Bertz CT molecular complexity index is 230. The van der Waals surface area contributed by atoms with Crippen LogP contribution in [0.25, 0.3) is 0 Å². The normalized spacial score (nSPS) is 25.5. The number of hydrogen-bond acceptors (Lipinski definition) is 2. The van der Waals surface area contributed by atoms with E-state index in [1.54, 1.807) is 0 Å². The minimum Gasteiger partial charge on any atom is -0.317 e. The van der Waals surface area contributed by atoms with Gasteiger partial charge in [-0.15, -0.1) is 0 Å². The Morgan fingerprint density at radius 2 is 1.39 bits per heavy atom. The third kappa shape index (κ3) is 4.24. The van der Waals surface area contributed by atoms with Crippen LogP contribution in [-0.2, 0) is 0 Å². The summed E-state index contributed by atoms with van der Waals surface area (Å²) in [6.45, 7) is 12.2.